The Balaban J connectivity index is 2.96. The zero-order valence-corrected chi connectivity index (χ0v) is 8.77. The Hall–Kier alpha value is -1.15. The molecule has 68 valence electrons. The summed E-state index contributed by atoms with van der Waals surface area (Å²) in [5, 5.41) is 3.08. The zero-order valence-electron chi connectivity index (χ0n) is 7.95. The molecule has 1 rings (SSSR count). The maximum atomic E-state index is 4.38. The zero-order chi connectivity index (χ0) is 9.68. The van der Waals surface area contributed by atoms with E-state index < -0.39 is 0 Å². The number of hydrogen-bond donors (Lipinski definition) is 0. The smallest absolute Gasteiger partial charge is 0.123 e. The summed E-state index contributed by atoms with van der Waals surface area (Å²) in [6.45, 7) is 7.75. The molecule has 1 heterocycles. The van der Waals surface area contributed by atoms with Crippen LogP contribution >= 0.6 is 11.3 Å². The molecule has 2 heteroatoms. The Labute approximate surface area is 83.1 Å². The van der Waals surface area contributed by atoms with E-state index in [9.17, 15) is 0 Å². The molecule has 0 radical (unpaired) electrons. The molecule has 0 saturated heterocycles. The molecule has 0 atom stereocenters. The van der Waals surface area contributed by atoms with Crippen molar-refractivity contribution in [3.05, 3.63) is 47.0 Å². The maximum Gasteiger partial charge on any atom is 0.123 e. The fourth-order valence-electron chi connectivity index (χ4n) is 0.913. The van der Waals surface area contributed by atoms with Gasteiger partial charge in [-0.2, -0.15) is 0 Å². The molecule has 0 aromatic carbocycles. The van der Waals surface area contributed by atoms with E-state index in [-0.39, 0.29) is 0 Å². The Morgan fingerprint density at radius 2 is 2.38 bits per heavy atom. The van der Waals surface area contributed by atoms with Crippen LogP contribution in [-0.2, 0) is 0 Å². The standard InChI is InChI=1S/C11H13NS/c1-4-6-7-10(5-2)11-12-9(3)8-13-11/h4-8H,2H2,1,3H3/b6-4-,10-7+. The maximum absolute atomic E-state index is 4.38. The number of nitrogens with zero attached hydrogens (tertiary/aromatic N) is 1. The van der Waals surface area contributed by atoms with E-state index in [2.05, 4.69) is 11.6 Å². The molecule has 0 aliphatic rings. The third kappa shape index (κ3) is 2.67. The molecule has 0 N–H and O–H groups in total. The predicted octanol–water partition coefficient (Wildman–Crippen LogP) is 3.60. The van der Waals surface area contributed by atoms with Crippen LogP contribution in [0, 0.1) is 6.92 Å². The summed E-state index contributed by atoms with van der Waals surface area (Å²) in [5.41, 5.74) is 2.14. The van der Waals surface area contributed by atoms with E-state index in [1.165, 1.54) is 0 Å². The molecular weight excluding hydrogens is 178 g/mol. The predicted molar refractivity (Wildman–Crippen MR) is 59.8 cm³/mol. The number of aryl methyl sites for hydroxylation is 1. The van der Waals surface area contributed by atoms with Gasteiger partial charge >= 0.3 is 0 Å². The van der Waals surface area contributed by atoms with Crippen molar-refractivity contribution in [1.29, 1.82) is 0 Å². The third-order valence-corrected chi connectivity index (χ3v) is 2.56. The Bertz CT molecular complexity index is 345. The Morgan fingerprint density at radius 3 is 2.85 bits per heavy atom. The molecule has 13 heavy (non-hydrogen) atoms. The van der Waals surface area contributed by atoms with Crippen LogP contribution in [0.5, 0.6) is 0 Å². The highest BCUT2D eigenvalue weighted by molar-refractivity contribution is 7.10. The van der Waals surface area contributed by atoms with E-state index >= 15 is 0 Å². The molecule has 1 nitrogen and oxygen atoms in total. The molecule has 0 saturated carbocycles. The van der Waals surface area contributed by atoms with Crippen molar-refractivity contribution in [2.24, 2.45) is 0 Å². The van der Waals surface area contributed by atoms with E-state index in [0.717, 1.165) is 16.3 Å². The van der Waals surface area contributed by atoms with Crippen LogP contribution in [0.15, 0.2) is 36.3 Å². The molecule has 0 amide bonds. The first-order valence-corrected chi connectivity index (χ1v) is 5.03. The molecule has 0 bridgehead atoms. The number of thiazole rings is 1. The fourth-order valence-corrected chi connectivity index (χ4v) is 1.73. The number of allylic oxidation sites excluding steroid dienone is 5. The lowest BCUT2D eigenvalue weighted by Crippen LogP contribution is -1.78. The lowest BCUT2D eigenvalue weighted by molar-refractivity contribution is 1.24. The minimum Gasteiger partial charge on any atom is -0.241 e. The second-order valence-corrected chi connectivity index (χ2v) is 3.50. The summed E-state index contributed by atoms with van der Waals surface area (Å²) in [5.74, 6) is 0. The molecule has 0 aliphatic carbocycles. The monoisotopic (exact) mass is 191 g/mol. The lowest BCUT2D eigenvalue weighted by atomic mass is 10.2. The second kappa shape index (κ2) is 4.77. The normalized spacial score (nSPS) is 12.3. The highest BCUT2D eigenvalue weighted by atomic mass is 32.1. The average Bonchev–Trinajstić information content (AvgIpc) is 2.54. The first-order valence-electron chi connectivity index (χ1n) is 4.16. The van der Waals surface area contributed by atoms with Crippen molar-refractivity contribution in [3.63, 3.8) is 0 Å². The van der Waals surface area contributed by atoms with E-state index in [4.69, 9.17) is 0 Å². The van der Waals surface area contributed by atoms with Gasteiger partial charge in [0.05, 0.1) is 0 Å². The number of aromatic nitrogens is 1. The lowest BCUT2D eigenvalue weighted by Gasteiger charge is -1.92. The second-order valence-electron chi connectivity index (χ2n) is 2.65. The highest BCUT2D eigenvalue weighted by Gasteiger charge is 2.00. The first-order chi connectivity index (χ1) is 6.27. The van der Waals surface area contributed by atoms with Crippen LogP contribution in [0.3, 0.4) is 0 Å². The van der Waals surface area contributed by atoms with Crippen molar-refractivity contribution < 1.29 is 0 Å². The highest BCUT2D eigenvalue weighted by Crippen LogP contribution is 2.19. The fraction of sp³-hybridized carbons (Fsp3) is 0.182. The Kier molecular flexibility index (Phi) is 3.65. The summed E-state index contributed by atoms with van der Waals surface area (Å²) in [4.78, 5) is 4.38. The molecular formula is C11H13NS. The summed E-state index contributed by atoms with van der Waals surface area (Å²) in [7, 11) is 0. The molecule has 1 aromatic rings. The third-order valence-electron chi connectivity index (χ3n) is 1.55. The van der Waals surface area contributed by atoms with Crippen LogP contribution < -0.4 is 0 Å². The quantitative estimate of drug-likeness (QED) is 0.665. The Morgan fingerprint density at radius 1 is 1.62 bits per heavy atom. The van der Waals surface area contributed by atoms with Gasteiger partial charge in [-0.15, -0.1) is 11.3 Å². The molecule has 0 unspecified atom stereocenters. The first kappa shape index (κ1) is 9.93. The summed E-state index contributed by atoms with van der Waals surface area (Å²) < 4.78 is 0. The largest absolute Gasteiger partial charge is 0.241 e. The van der Waals surface area contributed by atoms with Crippen LogP contribution in [0.1, 0.15) is 17.6 Å². The van der Waals surface area contributed by atoms with Gasteiger partial charge in [0, 0.05) is 16.6 Å². The van der Waals surface area contributed by atoms with Gasteiger partial charge in [-0.1, -0.05) is 30.9 Å². The van der Waals surface area contributed by atoms with Gasteiger partial charge in [-0.05, 0) is 13.8 Å². The van der Waals surface area contributed by atoms with Crippen molar-refractivity contribution in [2.45, 2.75) is 13.8 Å². The number of hydrogen-bond acceptors (Lipinski definition) is 2. The summed E-state index contributed by atoms with van der Waals surface area (Å²) in [6, 6.07) is 0. The van der Waals surface area contributed by atoms with Crippen LogP contribution in [0.25, 0.3) is 5.57 Å². The van der Waals surface area contributed by atoms with Crippen molar-refractivity contribution >= 4 is 16.9 Å². The van der Waals surface area contributed by atoms with Crippen molar-refractivity contribution in [2.75, 3.05) is 0 Å². The van der Waals surface area contributed by atoms with Gasteiger partial charge in [0.15, 0.2) is 0 Å². The van der Waals surface area contributed by atoms with Crippen molar-refractivity contribution in [3.8, 4) is 0 Å². The average molecular weight is 191 g/mol. The van der Waals surface area contributed by atoms with Gasteiger partial charge in [0.1, 0.15) is 5.01 Å². The summed E-state index contributed by atoms with van der Waals surface area (Å²) >= 11 is 1.65. The van der Waals surface area contributed by atoms with E-state index in [1.54, 1.807) is 11.3 Å². The SMILES string of the molecule is C=C/C(=C\C=C/C)c1nc(C)cs1. The van der Waals surface area contributed by atoms with Gasteiger partial charge < -0.3 is 0 Å². The van der Waals surface area contributed by atoms with E-state index in [1.807, 2.05) is 43.5 Å². The topological polar surface area (TPSA) is 12.9 Å². The minimum atomic E-state index is 1.03. The molecule has 0 spiro atoms. The van der Waals surface area contributed by atoms with Gasteiger partial charge in [0.25, 0.3) is 0 Å². The summed E-state index contributed by atoms with van der Waals surface area (Å²) in [6.07, 6.45) is 7.83. The van der Waals surface area contributed by atoms with Crippen LogP contribution in [0.4, 0.5) is 0 Å². The molecule has 1 aromatic heterocycles. The van der Waals surface area contributed by atoms with E-state index in [0.29, 0.717) is 0 Å². The van der Waals surface area contributed by atoms with Gasteiger partial charge in [0.2, 0.25) is 0 Å². The number of rotatable bonds is 3. The molecule has 0 aliphatic heterocycles. The van der Waals surface area contributed by atoms with Crippen LogP contribution in [0.2, 0.25) is 0 Å². The van der Waals surface area contributed by atoms with Crippen LogP contribution in [-0.4, -0.2) is 4.98 Å². The van der Waals surface area contributed by atoms with Gasteiger partial charge in [-0.3, -0.25) is 0 Å². The van der Waals surface area contributed by atoms with Crippen molar-refractivity contribution in [1.82, 2.24) is 4.98 Å². The van der Waals surface area contributed by atoms with Gasteiger partial charge in [-0.25, -0.2) is 4.98 Å². The minimum absolute atomic E-state index is 1.03. The molecule has 0 fully saturated rings.